The Bertz CT molecular complexity index is 693. The number of hydrogen-bond donors (Lipinski definition) is 2. The maximum atomic E-state index is 12.0. The zero-order valence-corrected chi connectivity index (χ0v) is 15.7. The van der Waals surface area contributed by atoms with Crippen LogP contribution in [0.15, 0.2) is 28.8 Å². The van der Waals surface area contributed by atoms with E-state index in [4.69, 9.17) is 15.0 Å². The van der Waals surface area contributed by atoms with Crippen molar-refractivity contribution in [2.24, 2.45) is 5.73 Å². The lowest BCUT2D eigenvalue weighted by Gasteiger charge is -2.26. The predicted molar refractivity (Wildman–Crippen MR) is 99.7 cm³/mol. The number of hydrogen-bond acceptors (Lipinski definition) is 6. The average Bonchev–Trinajstić information content (AvgIpc) is 3.14. The number of rotatable bonds is 10. The Morgan fingerprint density at radius 3 is 2.54 bits per heavy atom. The Kier molecular flexibility index (Phi) is 7.15. The van der Waals surface area contributed by atoms with Gasteiger partial charge in [-0.15, -0.1) is 0 Å². The molecule has 26 heavy (non-hydrogen) atoms. The number of carbonyl (C=O) groups excluding carboxylic acids is 1. The van der Waals surface area contributed by atoms with E-state index >= 15 is 0 Å². The third-order valence-electron chi connectivity index (χ3n) is 4.50. The van der Waals surface area contributed by atoms with Gasteiger partial charge in [0.25, 0.3) is 0 Å². The Hall–Kier alpha value is -2.41. The third-order valence-corrected chi connectivity index (χ3v) is 4.50. The minimum atomic E-state index is -0.346. The molecule has 0 aliphatic carbocycles. The van der Waals surface area contributed by atoms with Crippen molar-refractivity contribution in [1.29, 1.82) is 0 Å². The number of ether oxygens (including phenoxy) is 1. The van der Waals surface area contributed by atoms with Crippen LogP contribution in [0.4, 0.5) is 0 Å². The highest BCUT2D eigenvalue weighted by Crippen LogP contribution is 2.20. The molecule has 2 aromatic rings. The minimum absolute atomic E-state index is 0.0671. The lowest BCUT2D eigenvalue weighted by atomic mass is 9.94. The molecule has 3 N–H and O–H groups in total. The number of nitrogens with two attached hydrogens (primary N) is 1. The molecular formula is C19H28N4O3. The first kappa shape index (κ1) is 19.9. The molecule has 0 radical (unpaired) electrons. The van der Waals surface area contributed by atoms with E-state index in [0.717, 1.165) is 24.2 Å². The van der Waals surface area contributed by atoms with Crippen molar-refractivity contribution in [2.75, 3.05) is 13.2 Å². The Balaban J connectivity index is 1.85. The summed E-state index contributed by atoms with van der Waals surface area (Å²) in [6.07, 6.45) is 2.32. The molecule has 0 aliphatic heterocycles. The van der Waals surface area contributed by atoms with Crippen molar-refractivity contribution < 1.29 is 14.1 Å². The standard InChI is InChI=1S/C19H28N4O3/c1-4-19(20,5-2)13-21-16(24)11-12-17-22-18(23-26-17)14-7-9-15(10-8-14)25-6-3/h7-10H,4-6,11-13,20H2,1-3H3,(H,21,24). The van der Waals surface area contributed by atoms with Crippen LogP contribution in [0, 0.1) is 0 Å². The van der Waals surface area contributed by atoms with Gasteiger partial charge >= 0.3 is 0 Å². The van der Waals surface area contributed by atoms with Gasteiger partial charge in [0.05, 0.1) is 6.61 Å². The van der Waals surface area contributed by atoms with E-state index in [1.165, 1.54) is 0 Å². The smallest absolute Gasteiger partial charge is 0.227 e. The molecule has 2 rings (SSSR count). The molecule has 7 nitrogen and oxygen atoms in total. The number of benzene rings is 1. The Labute approximate surface area is 154 Å². The highest BCUT2D eigenvalue weighted by Gasteiger charge is 2.21. The van der Waals surface area contributed by atoms with Crippen LogP contribution in [0.25, 0.3) is 11.4 Å². The van der Waals surface area contributed by atoms with Crippen molar-refractivity contribution in [3.8, 4) is 17.1 Å². The van der Waals surface area contributed by atoms with E-state index in [9.17, 15) is 4.79 Å². The highest BCUT2D eigenvalue weighted by molar-refractivity contribution is 5.76. The summed E-state index contributed by atoms with van der Waals surface area (Å²) in [7, 11) is 0. The molecule has 0 unspecified atom stereocenters. The molecule has 1 heterocycles. The number of nitrogens with one attached hydrogen (secondary N) is 1. The van der Waals surface area contributed by atoms with Crippen LogP contribution in [-0.2, 0) is 11.2 Å². The molecule has 0 spiro atoms. The van der Waals surface area contributed by atoms with Crippen LogP contribution in [0.2, 0.25) is 0 Å². The molecule has 142 valence electrons. The summed E-state index contributed by atoms with van der Waals surface area (Å²) in [6.45, 7) is 7.08. The first-order chi connectivity index (χ1) is 12.5. The van der Waals surface area contributed by atoms with Gasteiger partial charge in [0, 0.05) is 30.5 Å². The second-order valence-electron chi connectivity index (χ2n) is 6.32. The Morgan fingerprint density at radius 2 is 1.92 bits per heavy atom. The fourth-order valence-electron chi connectivity index (χ4n) is 2.42. The maximum absolute atomic E-state index is 12.0. The molecule has 1 aromatic heterocycles. The second-order valence-corrected chi connectivity index (χ2v) is 6.32. The normalized spacial score (nSPS) is 11.4. The lowest BCUT2D eigenvalue weighted by molar-refractivity contribution is -0.121. The fraction of sp³-hybridized carbons (Fsp3) is 0.526. The average molecular weight is 360 g/mol. The van der Waals surface area contributed by atoms with Crippen molar-refractivity contribution in [2.45, 2.75) is 52.0 Å². The highest BCUT2D eigenvalue weighted by atomic mass is 16.5. The van der Waals surface area contributed by atoms with E-state index in [0.29, 0.717) is 31.3 Å². The van der Waals surface area contributed by atoms with Crippen LogP contribution in [0.3, 0.4) is 0 Å². The zero-order chi connectivity index (χ0) is 19.0. The number of aryl methyl sites for hydroxylation is 1. The van der Waals surface area contributed by atoms with E-state index in [-0.39, 0.29) is 17.9 Å². The second kappa shape index (κ2) is 9.33. The fourth-order valence-corrected chi connectivity index (χ4v) is 2.42. The summed E-state index contributed by atoms with van der Waals surface area (Å²) in [4.78, 5) is 16.3. The third kappa shape index (κ3) is 5.56. The van der Waals surface area contributed by atoms with Gasteiger partial charge in [-0.3, -0.25) is 4.79 Å². The van der Waals surface area contributed by atoms with Gasteiger partial charge in [-0.2, -0.15) is 4.98 Å². The molecule has 1 amide bonds. The Morgan fingerprint density at radius 1 is 1.23 bits per heavy atom. The molecule has 0 aliphatic rings. The summed E-state index contributed by atoms with van der Waals surface area (Å²) in [5, 5.41) is 6.86. The topological polar surface area (TPSA) is 103 Å². The van der Waals surface area contributed by atoms with Crippen molar-refractivity contribution >= 4 is 5.91 Å². The lowest BCUT2D eigenvalue weighted by Crippen LogP contribution is -2.49. The van der Waals surface area contributed by atoms with Crippen LogP contribution in [-0.4, -0.2) is 34.7 Å². The summed E-state index contributed by atoms with van der Waals surface area (Å²) in [5.74, 6) is 1.67. The molecule has 0 fully saturated rings. The number of aromatic nitrogens is 2. The van der Waals surface area contributed by atoms with Gasteiger partial charge in [-0.25, -0.2) is 0 Å². The van der Waals surface area contributed by atoms with Crippen molar-refractivity contribution in [3.05, 3.63) is 30.2 Å². The van der Waals surface area contributed by atoms with Crippen molar-refractivity contribution in [3.63, 3.8) is 0 Å². The summed E-state index contributed by atoms with van der Waals surface area (Å²) in [5.41, 5.74) is 6.68. The van der Waals surface area contributed by atoms with E-state index in [2.05, 4.69) is 15.5 Å². The molecule has 0 bridgehead atoms. The van der Waals surface area contributed by atoms with Gasteiger partial charge in [0.1, 0.15) is 5.75 Å². The van der Waals surface area contributed by atoms with Gasteiger partial charge in [0.15, 0.2) is 0 Å². The van der Waals surface area contributed by atoms with Crippen LogP contribution < -0.4 is 15.8 Å². The SMILES string of the molecule is CCOc1ccc(-c2noc(CCC(=O)NCC(N)(CC)CC)n2)cc1. The van der Waals surface area contributed by atoms with Crippen molar-refractivity contribution in [1.82, 2.24) is 15.5 Å². The molecule has 1 aromatic carbocycles. The summed E-state index contributed by atoms with van der Waals surface area (Å²) >= 11 is 0. The van der Waals surface area contributed by atoms with Gasteiger partial charge in [-0.05, 0) is 44.0 Å². The largest absolute Gasteiger partial charge is 0.494 e. The molecule has 0 atom stereocenters. The number of carbonyl (C=O) groups is 1. The molecule has 7 heteroatoms. The van der Waals surface area contributed by atoms with Gasteiger partial charge in [-0.1, -0.05) is 19.0 Å². The minimum Gasteiger partial charge on any atom is -0.494 e. The first-order valence-electron chi connectivity index (χ1n) is 9.11. The maximum Gasteiger partial charge on any atom is 0.227 e. The molecule has 0 saturated carbocycles. The summed E-state index contributed by atoms with van der Waals surface area (Å²) in [6, 6.07) is 7.48. The number of amides is 1. The summed E-state index contributed by atoms with van der Waals surface area (Å²) < 4.78 is 10.7. The van der Waals surface area contributed by atoms with E-state index in [1.807, 2.05) is 45.0 Å². The van der Waals surface area contributed by atoms with Crippen LogP contribution >= 0.6 is 0 Å². The van der Waals surface area contributed by atoms with E-state index in [1.54, 1.807) is 0 Å². The number of nitrogens with zero attached hydrogens (tertiary/aromatic N) is 2. The molecule has 0 saturated heterocycles. The van der Waals surface area contributed by atoms with Gasteiger partial charge in [0.2, 0.25) is 17.6 Å². The monoisotopic (exact) mass is 360 g/mol. The van der Waals surface area contributed by atoms with Gasteiger partial charge < -0.3 is 20.3 Å². The van der Waals surface area contributed by atoms with Crippen LogP contribution in [0.5, 0.6) is 5.75 Å². The molecular weight excluding hydrogens is 332 g/mol. The zero-order valence-electron chi connectivity index (χ0n) is 15.7. The predicted octanol–water partition coefficient (Wildman–Crippen LogP) is 2.70. The van der Waals surface area contributed by atoms with Crippen LogP contribution in [0.1, 0.15) is 45.9 Å². The first-order valence-corrected chi connectivity index (χ1v) is 9.11. The van der Waals surface area contributed by atoms with E-state index < -0.39 is 0 Å². The quantitative estimate of drug-likeness (QED) is 0.675.